The Hall–Kier alpha value is -0.870. The molecule has 2 atom stereocenters. The van der Waals surface area contributed by atoms with Gasteiger partial charge in [0.15, 0.2) is 0 Å². The maximum Gasteiger partial charge on any atom is 0.315 e. The van der Waals surface area contributed by atoms with Crippen LogP contribution in [0.2, 0.25) is 0 Å². The molecule has 2 N–H and O–H groups in total. The van der Waals surface area contributed by atoms with Crippen LogP contribution in [0.5, 0.6) is 0 Å². The minimum Gasteiger partial charge on any atom is -0.463 e. The van der Waals surface area contributed by atoms with Crippen LogP contribution in [0.15, 0.2) is 28.7 Å². The van der Waals surface area contributed by atoms with Crippen molar-refractivity contribution in [1.82, 2.24) is 0 Å². The highest BCUT2D eigenvalue weighted by atomic mass is 79.9. The van der Waals surface area contributed by atoms with Crippen LogP contribution in [0.25, 0.3) is 0 Å². The number of carbonyl (C=O) groups excluding carboxylic acids is 1. The fourth-order valence-electron chi connectivity index (χ4n) is 2.47. The first kappa shape index (κ1) is 13.6. The second-order valence-corrected chi connectivity index (χ2v) is 5.90. The minimum absolute atomic E-state index is 0.0262. The van der Waals surface area contributed by atoms with Gasteiger partial charge < -0.3 is 10.1 Å². The van der Waals surface area contributed by atoms with Gasteiger partial charge in [0, 0.05) is 16.5 Å². The van der Waals surface area contributed by atoms with E-state index in [4.69, 9.17) is 4.74 Å². The molecule has 1 aromatic carbocycles. The molecule has 1 saturated heterocycles. The van der Waals surface area contributed by atoms with Crippen molar-refractivity contribution in [1.29, 1.82) is 0 Å². The molecule has 1 heterocycles. The van der Waals surface area contributed by atoms with Crippen molar-refractivity contribution in [2.24, 2.45) is 5.92 Å². The third-order valence-electron chi connectivity index (χ3n) is 3.22. The van der Waals surface area contributed by atoms with Gasteiger partial charge in [-0.15, -0.1) is 0 Å². The highest BCUT2D eigenvalue weighted by Gasteiger charge is 2.39. The Morgan fingerprint density at radius 3 is 2.94 bits per heavy atom. The van der Waals surface area contributed by atoms with Crippen molar-refractivity contribution < 1.29 is 14.8 Å². The number of hydrogen-bond donors (Lipinski definition) is 1. The fraction of sp³-hybridized carbons (Fsp3) is 0.500. The van der Waals surface area contributed by atoms with Gasteiger partial charge in [-0.1, -0.05) is 28.1 Å². The first-order valence-corrected chi connectivity index (χ1v) is 7.16. The number of esters is 1. The van der Waals surface area contributed by atoms with Crippen molar-refractivity contribution in [3.8, 4) is 0 Å². The molecule has 1 fully saturated rings. The van der Waals surface area contributed by atoms with Crippen LogP contribution in [-0.4, -0.2) is 18.6 Å². The summed E-state index contributed by atoms with van der Waals surface area (Å²) < 4.78 is 6.40. The van der Waals surface area contributed by atoms with E-state index in [1.54, 1.807) is 0 Å². The van der Waals surface area contributed by atoms with E-state index in [2.05, 4.69) is 33.4 Å². The van der Waals surface area contributed by atoms with Gasteiger partial charge in [-0.25, -0.2) is 0 Å². The van der Waals surface area contributed by atoms with Gasteiger partial charge in [0.2, 0.25) is 0 Å². The second-order valence-electron chi connectivity index (χ2n) is 4.99. The molecular weight excluding hydrogens is 294 g/mol. The molecule has 0 aromatic heterocycles. The van der Waals surface area contributed by atoms with Gasteiger partial charge in [0.1, 0.15) is 12.0 Å². The van der Waals surface area contributed by atoms with Gasteiger partial charge in [0.05, 0.1) is 12.6 Å². The van der Waals surface area contributed by atoms with Crippen molar-refractivity contribution in [3.63, 3.8) is 0 Å². The summed E-state index contributed by atoms with van der Waals surface area (Å²) >= 11 is 3.48. The molecule has 0 spiro atoms. The number of rotatable bonds is 3. The monoisotopic (exact) mass is 312 g/mol. The standard InChI is InChI=1S/C14H18BrNO2/c1-9(2)18-14(17)12-6-7-16-13(12)10-4-3-5-11(15)8-10/h3-5,8-9,12-13,16H,6-7H2,1-2H3/p+1/t12-,13+/m0/s1. The molecule has 0 amide bonds. The van der Waals surface area contributed by atoms with E-state index in [9.17, 15) is 4.79 Å². The Balaban J connectivity index is 2.14. The average Bonchev–Trinajstić information content (AvgIpc) is 2.76. The van der Waals surface area contributed by atoms with E-state index in [0.717, 1.165) is 17.4 Å². The number of ether oxygens (including phenoxy) is 1. The maximum atomic E-state index is 12.1. The van der Waals surface area contributed by atoms with Crippen LogP contribution in [0.1, 0.15) is 31.9 Å². The SMILES string of the molecule is CC(C)OC(=O)[C@H]1CC[NH2+][C@@H]1c1cccc(Br)c1. The van der Waals surface area contributed by atoms with Crippen molar-refractivity contribution in [2.75, 3.05) is 6.54 Å². The number of nitrogens with two attached hydrogens (primary N) is 1. The second kappa shape index (κ2) is 5.85. The smallest absolute Gasteiger partial charge is 0.315 e. The van der Waals surface area contributed by atoms with Crippen LogP contribution in [0.3, 0.4) is 0 Å². The Morgan fingerprint density at radius 2 is 2.28 bits per heavy atom. The normalized spacial score (nSPS) is 23.3. The predicted octanol–water partition coefficient (Wildman–Crippen LogP) is 2.03. The lowest BCUT2D eigenvalue weighted by Crippen LogP contribution is -2.82. The lowest BCUT2D eigenvalue weighted by Gasteiger charge is -2.17. The van der Waals surface area contributed by atoms with Crippen LogP contribution >= 0.6 is 15.9 Å². The zero-order chi connectivity index (χ0) is 13.1. The lowest BCUT2D eigenvalue weighted by atomic mass is 9.94. The van der Waals surface area contributed by atoms with E-state index < -0.39 is 0 Å². The van der Waals surface area contributed by atoms with Crippen LogP contribution in [0, 0.1) is 5.92 Å². The Bertz CT molecular complexity index is 434. The largest absolute Gasteiger partial charge is 0.463 e. The number of halogens is 1. The summed E-state index contributed by atoms with van der Waals surface area (Å²) in [5.41, 5.74) is 1.19. The fourth-order valence-corrected chi connectivity index (χ4v) is 2.88. The average molecular weight is 313 g/mol. The third-order valence-corrected chi connectivity index (χ3v) is 3.71. The highest BCUT2D eigenvalue weighted by molar-refractivity contribution is 9.10. The maximum absolute atomic E-state index is 12.1. The molecule has 4 heteroatoms. The number of quaternary nitrogens is 1. The van der Waals surface area contributed by atoms with Crippen molar-refractivity contribution in [2.45, 2.75) is 32.4 Å². The summed E-state index contributed by atoms with van der Waals surface area (Å²) in [5, 5.41) is 2.23. The molecule has 1 aliphatic heterocycles. The summed E-state index contributed by atoms with van der Waals surface area (Å²) in [6, 6.07) is 8.36. The lowest BCUT2D eigenvalue weighted by molar-refractivity contribution is -0.678. The summed E-state index contributed by atoms with van der Waals surface area (Å²) in [7, 11) is 0. The van der Waals surface area contributed by atoms with Crippen LogP contribution in [-0.2, 0) is 9.53 Å². The molecule has 18 heavy (non-hydrogen) atoms. The Kier molecular flexibility index (Phi) is 4.40. The van der Waals surface area contributed by atoms with Crippen molar-refractivity contribution in [3.05, 3.63) is 34.3 Å². The summed E-state index contributed by atoms with van der Waals surface area (Å²) in [4.78, 5) is 12.1. The first-order chi connectivity index (χ1) is 8.58. The van der Waals surface area contributed by atoms with Gasteiger partial charge in [-0.3, -0.25) is 4.79 Å². The molecule has 0 radical (unpaired) electrons. The molecule has 0 unspecified atom stereocenters. The summed E-state index contributed by atoms with van der Waals surface area (Å²) in [6.07, 6.45) is 0.851. The topological polar surface area (TPSA) is 42.9 Å². The molecule has 0 bridgehead atoms. The molecule has 98 valence electrons. The Labute approximate surface area is 116 Å². The summed E-state index contributed by atoms with van der Waals surface area (Å²) in [6.45, 7) is 4.77. The molecule has 2 rings (SSSR count). The van der Waals surface area contributed by atoms with E-state index in [0.29, 0.717) is 0 Å². The zero-order valence-electron chi connectivity index (χ0n) is 10.7. The molecule has 3 nitrogen and oxygen atoms in total. The van der Waals surface area contributed by atoms with Crippen molar-refractivity contribution >= 4 is 21.9 Å². The third kappa shape index (κ3) is 3.12. The minimum atomic E-state index is -0.0660. The molecular formula is C14H19BrNO2+. The number of carbonyl (C=O) groups is 1. The first-order valence-electron chi connectivity index (χ1n) is 6.37. The summed E-state index contributed by atoms with van der Waals surface area (Å²) in [5.74, 6) is -0.0922. The Morgan fingerprint density at radius 1 is 1.50 bits per heavy atom. The number of hydrogen-bond acceptors (Lipinski definition) is 2. The molecule has 0 saturated carbocycles. The predicted molar refractivity (Wildman–Crippen MR) is 73.0 cm³/mol. The molecule has 0 aliphatic carbocycles. The number of benzene rings is 1. The molecule has 1 aromatic rings. The van der Waals surface area contributed by atoms with E-state index in [1.807, 2.05) is 26.0 Å². The van der Waals surface area contributed by atoms with Gasteiger partial charge in [-0.05, 0) is 26.0 Å². The highest BCUT2D eigenvalue weighted by Crippen LogP contribution is 2.27. The van der Waals surface area contributed by atoms with Gasteiger partial charge in [-0.2, -0.15) is 0 Å². The van der Waals surface area contributed by atoms with Gasteiger partial charge >= 0.3 is 5.97 Å². The van der Waals surface area contributed by atoms with Crippen LogP contribution < -0.4 is 5.32 Å². The van der Waals surface area contributed by atoms with Gasteiger partial charge in [0.25, 0.3) is 0 Å². The zero-order valence-corrected chi connectivity index (χ0v) is 12.3. The molecule has 1 aliphatic rings. The van der Waals surface area contributed by atoms with E-state index in [-0.39, 0.29) is 24.0 Å². The van der Waals surface area contributed by atoms with E-state index >= 15 is 0 Å². The quantitative estimate of drug-likeness (QED) is 0.868. The van der Waals surface area contributed by atoms with Crippen LogP contribution in [0.4, 0.5) is 0 Å². The van der Waals surface area contributed by atoms with E-state index in [1.165, 1.54) is 5.56 Å².